The third-order valence-electron chi connectivity index (χ3n) is 4.11. The molecule has 0 amide bonds. The molecule has 4 heteroatoms. The summed E-state index contributed by atoms with van der Waals surface area (Å²) in [6.45, 7) is 6.56. The predicted octanol–water partition coefficient (Wildman–Crippen LogP) is 3.03. The maximum absolute atomic E-state index is 5.18. The molecule has 3 atom stereocenters. The van der Waals surface area contributed by atoms with Crippen molar-refractivity contribution in [1.29, 1.82) is 0 Å². The van der Waals surface area contributed by atoms with Crippen molar-refractivity contribution in [3.05, 3.63) is 11.8 Å². The fourth-order valence-electron chi connectivity index (χ4n) is 2.90. The van der Waals surface area contributed by atoms with Crippen LogP contribution in [0.1, 0.15) is 38.8 Å². The van der Waals surface area contributed by atoms with E-state index in [1.54, 1.807) is 7.11 Å². The number of methoxy groups -OCH3 is 1. The maximum atomic E-state index is 5.18. The fraction of sp³-hybridized carbons (Fsp3) is 0.714. The third-order valence-corrected chi connectivity index (χ3v) is 4.11. The van der Waals surface area contributed by atoms with Gasteiger partial charge in [0.05, 0.1) is 7.11 Å². The van der Waals surface area contributed by atoms with Crippen LogP contribution in [0.2, 0.25) is 0 Å². The number of aryl methyl sites for hydroxylation is 1. The van der Waals surface area contributed by atoms with E-state index in [1.165, 1.54) is 19.3 Å². The zero-order chi connectivity index (χ0) is 13.1. The van der Waals surface area contributed by atoms with E-state index in [9.17, 15) is 0 Å². The summed E-state index contributed by atoms with van der Waals surface area (Å²) in [4.78, 5) is 8.78. The summed E-state index contributed by atoms with van der Waals surface area (Å²) < 4.78 is 5.18. The summed E-state index contributed by atoms with van der Waals surface area (Å²) in [6.07, 6.45) is 3.77. The van der Waals surface area contributed by atoms with Gasteiger partial charge >= 0.3 is 0 Å². The van der Waals surface area contributed by atoms with E-state index >= 15 is 0 Å². The molecule has 2 rings (SSSR count). The molecule has 1 aromatic rings. The first-order valence-corrected chi connectivity index (χ1v) is 6.80. The average molecular weight is 249 g/mol. The van der Waals surface area contributed by atoms with Gasteiger partial charge in [-0.05, 0) is 31.6 Å². The molecule has 100 valence electrons. The molecule has 1 fully saturated rings. The van der Waals surface area contributed by atoms with Gasteiger partial charge in [0.2, 0.25) is 11.8 Å². The lowest BCUT2D eigenvalue weighted by molar-refractivity contribution is 0.387. The zero-order valence-corrected chi connectivity index (χ0v) is 11.7. The van der Waals surface area contributed by atoms with Crippen LogP contribution in [-0.4, -0.2) is 23.1 Å². The lowest BCUT2D eigenvalue weighted by atomic mass is 9.94. The Balaban J connectivity index is 2.08. The third kappa shape index (κ3) is 2.74. The molecule has 1 saturated carbocycles. The highest BCUT2D eigenvalue weighted by Gasteiger charge is 2.31. The molecule has 0 bridgehead atoms. The van der Waals surface area contributed by atoms with Gasteiger partial charge in [-0.25, -0.2) is 4.98 Å². The minimum atomic E-state index is 0.487. The monoisotopic (exact) mass is 249 g/mol. The van der Waals surface area contributed by atoms with E-state index in [4.69, 9.17) is 4.74 Å². The van der Waals surface area contributed by atoms with E-state index in [0.717, 1.165) is 11.6 Å². The Labute approximate surface area is 109 Å². The Morgan fingerprint density at radius 3 is 2.78 bits per heavy atom. The summed E-state index contributed by atoms with van der Waals surface area (Å²) in [6, 6.07) is 2.33. The number of rotatable bonds is 4. The van der Waals surface area contributed by atoms with Crippen molar-refractivity contribution in [2.75, 3.05) is 12.4 Å². The quantitative estimate of drug-likeness (QED) is 0.891. The fourth-order valence-corrected chi connectivity index (χ4v) is 2.90. The molecule has 0 saturated heterocycles. The van der Waals surface area contributed by atoms with E-state index in [0.29, 0.717) is 23.8 Å². The van der Waals surface area contributed by atoms with Crippen LogP contribution < -0.4 is 10.1 Å². The number of aromatic nitrogens is 2. The van der Waals surface area contributed by atoms with Gasteiger partial charge in [0.1, 0.15) is 0 Å². The lowest BCUT2D eigenvalue weighted by Gasteiger charge is -2.21. The Hall–Kier alpha value is -1.32. The molecular formula is C14H23N3O. The minimum Gasteiger partial charge on any atom is -0.481 e. The second-order valence-corrected chi connectivity index (χ2v) is 5.23. The van der Waals surface area contributed by atoms with Crippen LogP contribution in [0.5, 0.6) is 5.88 Å². The Morgan fingerprint density at radius 2 is 2.17 bits per heavy atom. The van der Waals surface area contributed by atoms with E-state index in [-0.39, 0.29) is 0 Å². The summed E-state index contributed by atoms with van der Waals surface area (Å²) in [7, 11) is 1.64. The molecule has 1 aliphatic rings. The number of nitrogens with one attached hydrogen (secondary N) is 1. The summed E-state index contributed by atoms with van der Waals surface area (Å²) in [5.74, 6) is 2.84. The molecule has 4 nitrogen and oxygen atoms in total. The first-order chi connectivity index (χ1) is 8.63. The molecule has 1 aromatic heterocycles. The van der Waals surface area contributed by atoms with E-state index in [2.05, 4.69) is 29.1 Å². The Morgan fingerprint density at radius 1 is 1.39 bits per heavy atom. The summed E-state index contributed by atoms with van der Waals surface area (Å²) in [5.41, 5.74) is 0.932. The highest BCUT2D eigenvalue weighted by molar-refractivity contribution is 5.32. The van der Waals surface area contributed by atoms with Crippen LogP contribution in [0.3, 0.4) is 0 Å². The van der Waals surface area contributed by atoms with Gasteiger partial charge in [0, 0.05) is 17.8 Å². The molecule has 3 unspecified atom stereocenters. The molecule has 1 heterocycles. The van der Waals surface area contributed by atoms with Crippen molar-refractivity contribution in [3.8, 4) is 5.88 Å². The van der Waals surface area contributed by atoms with Crippen LogP contribution in [0.15, 0.2) is 6.07 Å². The molecule has 1 aliphatic carbocycles. The molecular weight excluding hydrogens is 226 g/mol. The molecule has 0 aromatic carbocycles. The van der Waals surface area contributed by atoms with Crippen LogP contribution in [0.25, 0.3) is 0 Å². The minimum absolute atomic E-state index is 0.487. The Bertz CT molecular complexity index is 408. The standard InChI is InChI=1S/C14H23N3O/c1-5-11-6-7-12(10(11)3)16-14-15-9(2)8-13(17-14)18-4/h8,10-12H,5-7H2,1-4H3,(H,15,16,17). The van der Waals surface area contributed by atoms with Gasteiger partial charge in [-0.1, -0.05) is 20.3 Å². The molecule has 18 heavy (non-hydrogen) atoms. The van der Waals surface area contributed by atoms with Crippen molar-refractivity contribution < 1.29 is 4.74 Å². The summed E-state index contributed by atoms with van der Waals surface area (Å²) in [5, 5.41) is 3.47. The van der Waals surface area contributed by atoms with Gasteiger partial charge in [-0.15, -0.1) is 0 Å². The van der Waals surface area contributed by atoms with Gasteiger partial charge in [-0.2, -0.15) is 4.98 Å². The predicted molar refractivity (Wildman–Crippen MR) is 72.9 cm³/mol. The Kier molecular flexibility index (Phi) is 4.04. The molecule has 0 aliphatic heterocycles. The van der Waals surface area contributed by atoms with Gasteiger partial charge in [0.25, 0.3) is 0 Å². The zero-order valence-electron chi connectivity index (χ0n) is 11.7. The highest BCUT2D eigenvalue weighted by atomic mass is 16.5. The van der Waals surface area contributed by atoms with E-state index < -0.39 is 0 Å². The van der Waals surface area contributed by atoms with E-state index in [1.807, 2.05) is 13.0 Å². The second kappa shape index (κ2) is 5.55. The number of hydrogen-bond donors (Lipinski definition) is 1. The SMILES string of the molecule is CCC1CCC(Nc2nc(C)cc(OC)n2)C1C. The van der Waals surface area contributed by atoms with Gasteiger partial charge in [0.15, 0.2) is 0 Å². The lowest BCUT2D eigenvalue weighted by Crippen LogP contribution is -2.25. The highest BCUT2D eigenvalue weighted by Crippen LogP contribution is 2.35. The van der Waals surface area contributed by atoms with Crippen LogP contribution in [0.4, 0.5) is 5.95 Å². The van der Waals surface area contributed by atoms with Crippen LogP contribution >= 0.6 is 0 Å². The topological polar surface area (TPSA) is 47.0 Å². The van der Waals surface area contributed by atoms with Crippen molar-refractivity contribution in [2.24, 2.45) is 11.8 Å². The van der Waals surface area contributed by atoms with Crippen molar-refractivity contribution in [2.45, 2.75) is 46.1 Å². The second-order valence-electron chi connectivity index (χ2n) is 5.23. The summed E-state index contributed by atoms with van der Waals surface area (Å²) >= 11 is 0. The van der Waals surface area contributed by atoms with Crippen LogP contribution in [0, 0.1) is 18.8 Å². The molecule has 0 radical (unpaired) electrons. The first-order valence-electron chi connectivity index (χ1n) is 6.80. The smallest absolute Gasteiger partial charge is 0.226 e. The van der Waals surface area contributed by atoms with Gasteiger partial charge in [-0.3, -0.25) is 0 Å². The average Bonchev–Trinajstić information content (AvgIpc) is 2.70. The number of hydrogen-bond acceptors (Lipinski definition) is 4. The normalized spacial score (nSPS) is 27.2. The maximum Gasteiger partial charge on any atom is 0.226 e. The molecule has 1 N–H and O–H groups in total. The first kappa shape index (κ1) is 13.1. The van der Waals surface area contributed by atoms with Crippen molar-refractivity contribution >= 4 is 5.95 Å². The number of ether oxygens (including phenoxy) is 1. The number of anilines is 1. The van der Waals surface area contributed by atoms with Crippen molar-refractivity contribution in [3.63, 3.8) is 0 Å². The largest absolute Gasteiger partial charge is 0.481 e. The number of nitrogens with zero attached hydrogens (tertiary/aromatic N) is 2. The molecule has 0 spiro atoms. The van der Waals surface area contributed by atoms with Crippen molar-refractivity contribution in [1.82, 2.24) is 9.97 Å². The van der Waals surface area contributed by atoms with Gasteiger partial charge < -0.3 is 10.1 Å². The van der Waals surface area contributed by atoms with Crippen LogP contribution in [-0.2, 0) is 0 Å².